The molecule has 132 valence electrons. The summed E-state index contributed by atoms with van der Waals surface area (Å²) in [5.74, 6) is 1.32. The van der Waals surface area contributed by atoms with Crippen molar-refractivity contribution in [1.29, 1.82) is 0 Å². The number of rotatable bonds is 5. The minimum Gasteiger partial charge on any atom is -0.471 e. The van der Waals surface area contributed by atoms with Gasteiger partial charge in [-0.1, -0.05) is 29.8 Å². The van der Waals surface area contributed by atoms with Gasteiger partial charge in [-0.05, 0) is 17.7 Å². The van der Waals surface area contributed by atoms with Crippen molar-refractivity contribution < 1.29 is 9.53 Å². The van der Waals surface area contributed by atoms with Gasteiger partial charge in [0.15, 0.2) is 5.82 Å². The molecule has 25 heavy (non-hydrogen) atoms. The second-order valence-corrected chi connectivity index (χ2v) is 6.67. The van der Waals surface area contributed by atoms with Gasteiger partial charge in [-0.15, -0.1) is 10.2 Å². The maximum absolute atomic E-state index is 12.5. The first-order chi connectivity index (χ1) is 12.0. The molecule has 1 aliphatic rings. The standard InChI is InChI=1S/C18H21ClN4O2/c1-22(2)16-7-8-17(21-20-16)25-14-9-10-23(12-14)18(24)11-13-5-3-4-6-15(13)19/h3-8,14H,9-12H2,1-2H3. The Kier molecular flexibility index (Phi) is 5.38. The molecule has 0 spiro atoms. The number of benzene rings is 1. The van der Waals surface area contributed by atoms with Gasteiger partial charge in [0, 0.05) is 38.1 Å². The maximum Gasteiger partial charge on any atom is 0.233 e. The number of anilines is 1. The van der Waals surface area contributed by atoms with E-state index in [1.807, 2.05) is 48.2 Å². The predicted molar refractivity (Wildman–Crippen MR) is 97.1 cm³/mol. The molecular formula is C18H21ClN4O2. The van der Waals surface area contributed by atoms with Crippen molar-refractivity contribution in [3.63, 3.8) is 0 Å². The Morgan fingerprint density at radius 2 is 2.08 bits per heavy atom. The predicted octanol–water partition coefficient (Wildman–Crippen LogP) is 2.42. The highest BCUT2D eigenvalue weighted by Gasteiger charge is 2.28. The Balaban J connectivity index is 1.54. The summed E-state index contributed by atoms with van der Waals surface area (Å²) in [6, 6.07) is 11.1. The van der Waals surface area contributed by atoms with E-state index in [2.05, 4.69) is 10.2 Å². The number of carbonyl (C=O) groups excluding carboxylic acids is 1. The third kappa shape index (κ3) is 4.39. The van der Waals surface area contributed by atoms with E-state index in [0.717, 1.165) is 17.8 Å². The molecule has 2 heterocycles. The highest BCUT2D eigenvalue weighted by atomic mass is 35.5. The third-order valence-corrected chi connectivity index (χ3v) is 4.54. The summed E-state index contributed by atoms with van der Waals surface area (Å²) in [6.45, 7) is 1.23. The summed E-state index contributed by atoms with van der Waals surface area (Å²) >= 11 is 6.13. The molecule has 1 amide bonds. The largest absolute Gasteiger partial charge is 0.471 e. The molecule has 3 rings (SSSR count). The van der Waals surface area contributed by atoms with E-state index >= 15 is 0 Å². The Labute approximate surface area is 152 Å². The fourth-order valence-corrected chi connectivity index (χ4v) is 2.96. The first-order valence-corrected chi connectivity index (χ1v) is 8.59. The number of amides is 1. The second kappa shape index (κ2) is 7.70. The van der Waals surface area contributed by atoms with Gasteiger partial charge in [-0.3, -0.25) is 4.79 Å². The van der Waals surface area contributed by atoms with Crippen LogP contribution in [0.15, 0.2) is 36.4 Å². The molecule has 1 saturated heterocycles. The normalized spacial score (nSPS) is 16.8. The van der Waals surface area contributed by atoms with Crippen molar-refractivity contribution in [3.05, 3.63) is 47.0 Å². The topological polar surface area (TPSA) is 58.6 Å². The van der Waals surface area contributed by atoms with Gasteiger partial charge in [0.25, 0.3) is 0 Å². The number of ether oxygens (including phenoxy) is 1. The van der Waals surface area contributed by atoms with Crippen molar-refractivity contribution >= 4 is 23.3 Å². The zero-order valence-electron chi connectivity index (χ0n) is 14.4. The molecule has 6 nitrogen and oxygen atoms in total. The molecule has 2 aromatic rings. The summed E-state index contributed by atoms with van der Waals surface area (Å²) in [5.41, 5.74) is 0.851. The van der Waals surface area contributed by atoms with Gasteiger partial charge in [0.05, 0.1) is 13.0 Å². The Bertz CT molecular complexity index is 736. The van der Waals surface area contributed by atoms with Crippen molar-refractivity contribution in [2.45, 2.75) is 18.9 Å². The first-order valence-electron chi connectivity index (χ1n) is 8.22. The number of hydrogen-bond donors (Lipinski definition) is 0. The molecule has 1 aromatic heterocycles. The number of aromatic nitrogens is 2. The number of hydrogen-bond acceptors (Lipinski definition) is 5. The van der Waals surface area contributed by atoms with Crippen molar-refractivity contribution in [1.82, 2.24) is 15.1 Å². The average molecular weight is 361 g/mol. The van der Waals surface area contributed by atoms with E-state index < -0.39 is 0 Å². The molecule has 0 aliphatic carbocycles. The van der Waals surface area contributed by atoms with Crippen LogP contribution >= 0.6 is 11.6 Å². The number of nitrogens with zero attached hydrogens (tertiary/aromatic N) is 4. The van der Waals surface area contributed by atoms with E-state index in [-0.39, 0.29) is 12.0 Å². The minimum absolute atomic E-state index is 0.0605. The van der Waals surface area contributed by atoms with Crippen molar-refractivity contribution in [2.24, 2.45) is 0 Å². The van der Waals surface area contributed by atoms with Crippen LogP contribution in [0.1, 0.15) is 12.0 Å². The fraction of sp³-hybridized carbons (Fsp3) is 0.389. The zero-order valence-corrected chi connectivity index (χ0v) is 15.1. The molecule has 0 saturated carbocycles. The Morgan fingerprint density at radius 3 is 2.76 bits per heavy atom. The van der Waals surface area contributed by atoms with Gasteiger partial charge in [-0.2, -0.15) is 0 Å². The number of halogens is 1. The molecule has 1 fully saturated rings. The van der Waals surface area contributed by atoms with Gasteiger partial charge in [0.1, 0.15) is 6.10 Å². The van der Waals surface area contributed by atoms with Crippen LogP contribution in [0.5, 0.6) is 5.88 Å². The quantitative estimate of drug-likeness (QED) is 0.819. The van der Waals surface area contributed by atoms with Crippen LogP contribution in [0.25, 0.3) is 0 Å². The lowest BCUT2D eigenvalue weighted by molar-refractivity contribution is -0.129. The van der Waals surface area contributed by atoms with Crippen LogP contribution in [-0.4, -0.2) is 54.3 Å². The first kappa shape index (κ1) is 17.5. The lowest BCUT2D eigenvalue weighted by Gasteiger charge is -2.17. The smallest absolute Gasteiger partial charge is 0.233 e. The molecule has 0 radical (unpaired) electrons. The van der Waals surface area contributed by atoms with Crippen LogP contribution in [0.4, 0.5) is 5.82 Å². The van der Waals surface area contributed by atoms with Crippen LogP contribution in [0.3, 0.4) is 0 Å². The van der Waals surface area contributed by atoms with Crippen molar-refractivity contribution in [3.8, 4) is 5.88 Å². The number of likely N-dealkylation sites (tertiary alicyclic amines) is 1. The maximum atomic E-state index is 12.5. The molecule has 1 atom stereocenters. The molecule has 1 aliphatic heterocycles. The van der Waals surface area contributed by atoms with E-state index in [4.69, 9.17) is 16.3 Å². The molecule has 0 N–H and O–H groups in total. The lowest BCUT2D eigenvalue weighted by Crippen LogP contribution is -2.32. The highest BCUT2D eigenvalue weighted by Crippen LogP contribution is 2.20. The summed E-state index contributed by atoms with van der Waals surface area (Å²) < 4.78 is 5.85. The third-order valence-electron chi connectivity index (χ3n) is 4.17. The summed E-state index contributed by atoms with van der Waals surface area (Å²) in [7, 11) is 3.81. The van der Waals surface area contributed by atoms with E-state index in [1.54, 1.807) is 12.1 Å². The summed E-state index contributed by atoms with van der Waals surface area (Å²) in [6.07, 6.45) is 1.03. The molecule has 1 unspecified atom stereocenters. The van der Waals surface area contributed by atoms with Crippen LogP contribution in [0, 0.1) is 0 Å². The highest BCUT2D eigenvalue weighted by molar-refractivity contribution is 6.31. The van der Waals surface area contributed by atoms with Gasteiger partial charge in [0.2, 0.25) is 11.8 Å². The SMILES string of the molecule is CN(C)c1ccc(OC2CCN(C(=O)Cc3ccccc3Cl)C2)nn1. The molecule has 7 heteroatoms. The molecular weight excluding hydrogens is 340 g/mol. The Hall–Kier alpha value is -2.34. The number of carbonyl (C=O) groups is 1. The fourth-order valence-electron chi connectivity index (χ4n) is 2.75. The zero-order chi connectivity index (χ0) is 17.8. The van der Waals surface area contributed by atoms with Gasteiger partial charge in [-0.25, -0.2) is 0 Å². The van der Waals surface area contributed by atoms with E-state index in [9.17, 15) is 4.79 Å². The van der Waals surface area contributed by atoms with Crippen molar-refractivity contribution in [2.75, 3.05) is 32.1 Å². The average Bonchev–Trinajstić information content (AvgIpc) is 3.06. The monoisotopic (exact) mass is 360 g/mol. The lowest BCUT2D eigenvalue weighted by atomic mass is 10.1. The Morgan fingerprint density at radius 1 is 1.28 bits per heavy atom. The van der Waals surface area contributed by atoms with Crippen LogP contribution in [0.2, 0.25) is 5.02 Å². The van der Waals surface area contributed by atoms with Crippen LogP contribution in [-0.2, 0) is 11.2 Å². The van der Waals surface area contributed by atoms with Crippen LogP contribution < -0.4 is 9.64 Å². The van der Waals surface area contributed by atoms with Gasteiger partial charge >= 0.3 is 0 Å². The van der Waals surface area contributed by atoms with Gasteiger partial charge < -0.3 is 14.5 Å². The molecule has 1 aromatic carbocycles. The van der Waals surface area contributed by atoms with E-state index in [0.29, 0.717) is 30.4 Å². The molecule has 0 bridgehead atoms. The minimum atomic E-state index is -0.0605. The second-order valence-electron chi connectivity index (χ2n) is 6.26. The van der Waals surface area contributed by atoms with E-state index in [1.165, 1.54) is 0 Å². The summed E-state index contributed by atoms with van der Waals surface area (Å²) in [4.78, 5) is 16.2. The summed E-state index contributed by atoms with van der Waals surface area (Å²) in [5, 5.41) is 8.80.